The predicted octanol–water partition coefficient (Wildman–Crippen LogP) is 2.17. The van der Waals surface area contributed by atoms with Gasteiger partial charge < -0.3 is 10.5 Å². The van der Waals surface area contributed by atoms with Gasteiger partial charge in [0.1, 0.15) is 10.3 Å². The van der Waals surface area contributed by atoms with E-state index < -0.39 is 0 Å². The van der Waals surface area contributed by atoms with Crippen LogP contribution in [-0.4, -0.2) is 27.4 Å². The van der Waals surface area contributed by atoms with Gasteiger partial charge >= 0.3 is 0 Å². The number of aromatic nitrogens is 2. The Kier molecular flexibility index (Phi) is 2.93. The molecule has 0 spiro atoms. The van der Waals surface area contributed by atoms with Crippen LogP contribution in [0.2, 0.25) is 10.3 Å². The summed E-state index contributed by atoms with van der Waals surface area (Å²) in [6.45, 7) is 0. The monoisotopic (exact) mass is 246 g/mol. The van der Waals surface area contributed by atoms with E-state index in [1.165, 1.54) is 0 Å². The summed E-state index contributed by atoms with van der Waals surface area (Å²) in [6.07, 6.45) is 3.32. The summed E-state index contributed by atoms with van der Waals surface area (Å²) in [5, 5.41) is 14.6. The maximum absolute atomic E-state index is 8.37. The highest BCUT2D eigenvalue weighted by Gasteiger charge is 2.22. The van der Waals surface area contributed by atoms with Crippen LogP contribution in [0.4, 0.5) is 5.95 Å². The van der Waals surface area contributed by atoms with Gasteiger partial charge in [-0.15, -0.1) is 0 Å². The minimum atomic E-state index is 0.163. The first kappa shape index (κ1) is 10.4. The van der Waals surface area contributed by atoms with Gasteiger partial charge in [0, 0.05) is 6.04 Å². The first-order valence-electron chi connectivity index (χ1n) is 4.37. The third-order valence-electron chi connectivity index (χ3n) is 1.95. The van der Waals surface area contributed by atoms with Crippen molar-refractivity contribution in [2.75, 3.05) is 5.32 Å². The fourth-order valence-electron chi connectivity index (χ4n) is 1.06. The van der Waals surface area contributed by atoms with Crippen molar-refractivity contribution < 1.29 is 5.21 Å². The van der Waals surface area contributed by atoms with Crippen molar-refractivity contribution in [3.8, 4) is 0 Å². The molecule has 2 rings (SSSR count). The Bertz CT molecular complexity index is 383. The van der Waals surface area contributed by atoms with Gasteiger partial charge in [0.15, 0.2) is 0 Å². The molecule has 0 aliphatic heterocycles. The molecule has 80 valence electrons. The quantitative estimate of drug-likeness (QED) is 0.371. The molecule has 7 heteroatoms. The molecule has 0 atom stereocenters. The standard InChI is InChI=1S/C8H8Cl2N4O/c9-6-5(3-11-15)7(10)14-8(13-6)12-4-1-2-4/h3-4,15H,1-2H2,(H,12,13,14)/b11-3-. The van der Waals surface area contributed by atoms with Crippen LogP contribution in [0.3, 0.4) is 0 Å². The van der Waals surface area contributed by atoms with Crippen molar-refractivity contribution in [1.29, 1.82) is 0 Å². The highest BCUT2D eigenvalue weighted by Crippen LogP contribution is 2.26. The van der Waals surface area contributed by atoms with Crippen molar-refractivity contribution in [2.45, 2.75) is 18.9 Å². The van der Waals surface area contributed by atoms with Crippen LogP contribution in [0.1, 0.15) is 18.4 Å². The van der Waals surface area contributed by atoms with Gasteiger partial charge in [-0.2, -0.15) is 0 Å². The Balaban J connectivity index is 2.28. The molecule has 1 aromatic rings. The molecule has 5 nitrogen and oxygen atoms in total. The van der Waals surface area contributed by atoms with E-state index in [9.17, 15) is 0 Å². The topological polar surface area (TPSA) is 70.4 Å². The van der Waals surface area contributed by atoms with Gasteiger partial charge in [-0.1, -0.05) is 28.4 Å². The van der Waals surface area contributed by atoms with Crippen LogP contribution < -0.4 is 5.32 Å². The average molecular weight is 247 g/mol. The summed E-state index contributed by atoms with van der Waals surface area (Å²) in [5.41, 5.74) is 0.308. The third kappa shape index (κ3) is 2.49. The molecule has 2 N–H and O–H groups in total. The van der Waals surface area contributed by atoms with Crippen LogP contribution in [0.15, 0.2) is 5.16 Å². The fourth-order valence-corrected chi connectivity index (χ4v) is 1.54. The van der Waals surface area contributed by atoms with Gasteiger partial charge in [0.25, 0.3) is 0 Å². The molecule has 1 saturated carbocycles. The zero-order valence-electron chi connectivity index (χ0n) is 7.61. The Morgan fingerprint density at radius 2 is 1.93 bits per heavy atom. The smallest absolute Gasteiger partial charge is 0.225 e. The average Bonchev–Trinajstić information content (AvgIpc) is 2.95. The molecule has 1 aliphatic carbocycles. The van der Waals surface area contributed by atoms with Gasteiger partial charge in [0.2, 0.25) is 5.95 Å². The molecule has 1 heterocycles. The molecule has 1 fully saturated rings. The van der Waals surface area contributed by atoms with Crippen LogP contribution in [-0.2, 0) is 0 Å². The number of nitrogens with one attached hydrogen (secondary N) is 1. The molecule has 1 aliphatic rings. The molecule has 1 aromatic heterocycles. The molecule has 0 aromatic carbocycles. The zero-order chi connectivity index (χ0) is 10.8. The number of hydrogen-bond donors (Lipinski definition) is 2. The van der Waals surface area contributed by atoms with Gasteiger partial charge in [-0.05, 0) is 12.8 Å². The second-order valence-corrected chi connectivity index (χ2v) is 3.92. The van der Waals surface area contributed by atoms with E-state index in [1.54, 1.807) is 0 Å². The minimum Gasteiger partial charge on any atom is -0.411 e. The first-order chi connectivity index (χ1) is 7.20. The molecule has 0 saturated heterocycles. The summed E-state index contributed by atoms with van der Waals surface area (Å²) < 4.78 is 0. The molecular formula is C8H8Cl2N4O. The zero-order valence-corrected chi connectivity index (χ0v) is 9.13. The number of anilines is 1. The Morgan fingerprint density at radius 1 is 1.33 bits per heavy atom. The van der Waals surface area contributed by atoms with Gasteiger partial charge in [0.05, 0.1) is 11.8 Å². The largest absolute Gasteiger partial charge is 0.411 e. The van der Waals surface area contributed by atoms with E-state index in [2.05, 4.69) is 20.4 Å². The molecule has 0 bridgehead atoms. The summed E-state index contributed by atoms with van der Waals surface area (Å²) in [4.78, 5) is 7.98. The number of nitrogens with zero attached hydrogens (tertiary/aromatic N) is 3. The highest BCUT2D eigenvalue weighted by atomic mass is 35.5. The van der Waals surface area contributed by atoms with Gasteiger partial charge in [-0.25, -0.2) is 9.97 Å². The van der Waals surface area contributed by atoms with Crippen molar-refractivity contribution in [3.05, 3.63) is 15.9 Å². The Hall–Kier alpha value is -1.07. The van der Waals surface area contributed by atoms with Crippen molar-refractivity contribution in [2.24, 2.45) is 5.16 Å². The van der Waals surface area contributed by atoms with Crippen molar-refractivity contribution in [3.63, 3.8) is 0 Å². The number of halogens is 2. The van der Waals surface area contributed by atoms with Crippen LogP contribution in [0, 0.1) is 0 Å². The second-order valence-electron chi connectivity index (χ2n) is 3.21. The molecule has 0 amide bonds. The SMILES string of the molecule is O/N=C\c1c(Cl)nc(NC2CC2)nc1Cl. The van der Waals surface area contributed by atoms with Crippen molar-refractivity contribution >= 4 is 35.4 Å². The van der Waals surface area contributed by atoms with Gasteiger partial charge in [-0.3, -0.25) is 0 Å². The summed E-state index contributed by atoms with van der Waals surface area (Å²) in [6, 6.07) is 0.425. The molecule has 0 radical (unpaired) electrons. The summed E-state index contributed by atoms with van der Waals surface area (Å²) in [7, 11) is 0. The predicted molar refractivity (Wildman–Crippen MR) is 58.1 cm³/mol. The van der Waals surface area contributed by atoms with E-state index in [0.717, 1.165) is 19.1 Å². The second kappa shape index (κ2) is 4.20. The van der Waals surface area contributed by atoms with Crippen LogP contribution in [0.5, 0.6) is 0 Å². The lowest BCUT2D eigenvalue weighted by atomic mass is 10.4. The Labute approximate surface area is 96.1 Å². The van der Waals surface area contributed by atoms with Crippen molar-refractivity contribution in [1.82, 2.24) is 9.97 Å². The fraction of sp³-hybridized carbons (Fsp3) is 0.375. The van der Waals surface area contributed by atoms with E-state index in [1.807, 2.05) is 0 Å². The lowest BCUT2D eigenvalue weighted by molar-refractivity contribution is 0.322. The van der Waals surface area contributed by atoms with E-state index in [-0.39, 0.29) is 10.3 Å². The van der Waals surface area contributed by atoms with Crippen LogP contribution in [0.25, 0.3) is 0 Å². The number of rotatable bonds is 3. The van der Waals surface area contributed by atoms with E-state index >= 15 is 0 Å². The molecular weight excluding hydrogens is 239 g/mol. The van der Waals surface area contributed by atoms with E-state index in [0.29, 0.717) is 17.6 Å². The maximum Gasteiger partial charge on any atom is 0.225 e. The maximum atomic E-state index is 8.37. The minimum absolute atomic E-state index is 0.163. The highest BCUT2D eigenvalue weighted by molar-refractivity contribution is 6.37. The molecule has 15 heavy (non-hydrogen) atoms. The molecule has 0 unspecified atom stereocenters. The lowest BCUT2D eigenvalue weighted by Crippen LogP contribution is -2.07. The van der Waals surface area contributed by atoms with E-state index in [4.69, 9.17) is 28.4 Å². The Morgan fingerprint density at radius 3 is 2.40 bits per heavy atom. The number of hydrogen-bond acceptors (Lipinski definition) is 5. The summed E-state index contributed by atoms with van der Waals surface area (Å²) in [5.74, 6) is 0.405. The normalized spacial score (nSPS) is 15.9. The van der Waals surface area contributed by atoms with Crippen LogP contribution >= 0.6 is 23.2 Å². The number of oxime groups is 1. The lowest BCUT2D eigenvalue weighted by Gasteiger charge is -2.05. The third-order valence-corrected chi connectivity index (χ3v) is 2.53. The first-order valence-corrected chi connectivity index (χ1v) is 5.13. The summed E-state index contributed by atoms with van der Waals surface area (Å²) >= 11 is 11.7.